The predicted octanol–water partition coefficient (Wildman–Crippen LogP) is 8.68. The van der Waals surface area contributed by atoms with E-state index in [9.17, 15) is 26.3 Å². The zero-order valence-corrected chi connectivity index (χ0v) is 19.6. The Morgan fingerprint density at radius 2 is 1.53 bits per heavy atom. The average Bonchev–Trinajstić information content (AvgIpc) is 2.68. The smallest absolute Gasteiger partial charge is 0.429 e. The van der Waals surface area contributed by atoms with Crippen LogP contribution in [0.5, 0.6) is 5.75 Å². The van der Waals surface area contributed by atoms with Crippen LogP contribution in [-0.2, 0) is 6.11 Å². The van der Waals surface area contributed by atoms with Crippen molar-refractivity contribution in [1.29, 1.82) is 0 Å². The van der Waals surface area contributed by atoms with Gasteiger partial charge in [0.05, 0.1) is 3.57 Å². The number of alkyl halides is 2. The number of benzene rings is 2. The van der Waals surface area contributed by atoms with Crippen LogP contribution in [0.2, 0.25) is 0 Å². The fourth-order valence-corrected chi connectivity index (χ4v) is 3.23. The monoisotopic (exact) mass is 566 g/mol. The van der Waals surface area contributed by atoms with E-state index in [1.807, 2.05) is 13.8 Å². The maximum absolute atomic E-state index is 14.6. The first kappa shape index (κ1) is 26.0. The summed E-state index contributed by atoms with van der Waals surface area (Å²) in [5, 5.41) is 0. The van der Waals surface area contributed by atoms with E-state index < -0.39 is 44.3 Å². The van der Waals surface area contributed by atoms with Crippen molar-refractivity contribution in [3.63, 3.8) is 0 Å². The van der Waals surface area contributed by atoms with Gasteiger partial charge in [-0.25, -0.2) is 17.6 Å². The summed E-state index contributed by atoms with van der Waals surface area (Å²) in [6.07, 6.45) is 2.63. The summed E-state index contributed by atoms with van der Waals surface area (Å²) in [6.45, 7) is 7.67. The lowest BCUT2D eigenvalue weighted by atomic mass is 10.00. The molecular weight excluding hydrogens is 545 g/mol. The van der Waals surface area contributed by atoms with Crippen molar-refractivity contribution in [3.05, 3.63) is 92.6 Å². The molecule has 0 aliphatic carbocycles. The van der Waals surface area contributed by atoms with Gasteiger partial charge < -0.3 is 4.74 Å². The number of halogens is 7. The number of ether oxygens (including phenoxy) is 1. The molecule has 0 heterocycles. The van der Waals surface area contributed by atoms with Crippen molar-refractivity contribution >= 4 is 28.2 Å². The topological polar surface area (TPSA) is 9.23 Å². The van der Waals surface area contributed by atoms with E-state index in [4.69, 9.17) is 0 Å². The van der Waals surface area contributed by atoms with Crippen LogP contribution in [0.15, 0.2) is 54.6 Å². The van der Waals surface area contributed by atoms with E-state index in [1.54, 1.807) is 18.2 Å². The zero-order chi connectivity index (χ0) is 24.1. The molecule has 32 heavy (non-hydrogen) atoms. The van der Waals surface area contributed by atoms with Gasteiger partial charge in [0.2, 0.25) is 0 Å². The molecule has 2 aromatic rings. The molecule has 0 aliphatic heterocycles. The molecule has 0 atom stereocenters. The van der Waals surface area contributed by atoms with Crippen LogP contribution in [-0.4, -0.2) is 0 Å². The van der Waals surface area contributed by atoms with Crippen molar-refractivity contribution in [2.75, 3.05) is 0 Å². The second-order valence-electron chi connectivity index (χ2n) is 6.94. The number of hydrogen-bond donors (Lipinski definition) is 0. The highest BCUT2D eigenvalue weighted by Gasteiger charge is 2.41. The van der Waals surface area contributed by atoms with E-state index >= 15 is 0 Å². The molecule has 172 valence electrons. The first-order chi connectivity index (χ1) is 15.0. The Bertz CT molecular complexity index is 1010. The van der Waals surface area contributed by atoms with Crippen LogP contribution in [0.4, 0.5) is 26.3 Å². The molecule has 0 amide bonds. The van der Waals surface area contributed by atoms with E-state index in [-0.39, 0.29) is 5.56 Å². The number of hydrogen-bond acceptors (Lipinski definition) is 1. The average molecular weight is 566 g/mol. The van der Waals surface area contributed by atoms with Gasteiger partial charge in [0.1, 0.15) is 34.6 Å². The van der Waals surface area contributed by atoms with Gasteiger partial charge in [-0.3, -0.25) is 0 Å². The van der Waals surface area contributed by atoms with Crippen LogP contribution in [0, 0.1) is 26.8 Å². The Labute approximate surface area is 196 Å². The number of allylic oxidation sites excluding steroid dienone is 5. The summed E-state index contributed by atoms with van der Waals surface area (Å²) in [4.78, 5) is 0. The molecule has 8 heteroatoms. The molecule has 0 aromatic heterocycles. The fraction of sp³-hybridized carbons (Fsp3) is 0.250. The minimum absolute atomic E-state index is 0.0494. The minimum Gasteiger partial charge on any atom is -0.429 e. The Kier molecular flexibility index (Phi) is 9.00. The van der Waals surface area contributed by atoms with E-state index in [0.717, 1.165) is 30.5 Å². The van der Waals surface area contributed by atoms with Gasteiger partial charge in [-0.15, -0.1) is 0 Å². The lowest BCUT2D eigenvalue weighted by Crippen LogP contribution is -2.25. The maximum Gasteiger partial charge on any atom is 0.432 e. The van der Waals surface area contributed by atoms with Gasteiger partial charge in [0.15, 0.2) is 0 Å². The predicted molar refractivity (Wildman–Crippen MR) is 121 cm³/mol. The third-order valence-corrected chi connectivity index (χ3v) is 5.39. The summed E-state index contributed by atoms with van der Waals surface area (Å²) < 4.78 is 89.5. The van der Waals surface area contributed by atoms with Crippen molar-refractivity contribution in [3.8, 4) is 5.75 Å². The van der Waals surface area contributed by atoms with Crippen molar-refractivity contribution in [1.82, 2.24) is 0 Å². The Balaban J connectivity index is 2.42. The normalized spacial score (nSPS) is 12.5. The molecule has 0 saturated carbocycles. The molecule has 0 bridgehead atoms. The van der Waals surface area contributed by atoms with Crippen molar-refractivity contribution < 1.29 is 31.1 Å². The van der Waals surface area contributed by atoms with Crippen LogP contribution in [0.25, 0.3) is 5.57 Å². The van der Waals surface area contributed by atoms with Gasteiger partial charge in [-0.05, 0) is 58.7 Å². The quantitative estimate of drug-likeness (QED) is 0.128. The minimum atomic E-state index is -4.52. The van der Waals surface area contributed by atoms with E-state index in [1.165, 1.54) is 22.6 Å². The van der Waals surface area contributed by atoms with Gasteiger partial charge in [0.25, 0.3) is 0 Å². The summed E-state index contributed by atoms with van der Waals surface area (Å²) in [5.41, 5.74) is -0.367. The number of rotatable bonds is 9. The highest BCUT2D eigenvalue weighted by Crippen LogP contribution is 2.37. The summed E-state index contributed by atoms with van der Waals surface area (Å²) in [5.74, 6) is -6.30. The van der Waals surface area contributed by atoms with Gasteiger partial charge in [-0.2, -0.15) is 8.78 Å². The summed E-state index contributed by atoms with van der Waals surface area (Å²) in [7, 11) is 0. The third-order valence-electron chi connectivity index (χ3n) is 4.36. The second-order valence-corrected chi connectivity index (χ2v) is 8.02. The Hall–Kier alpha value is -2.23. The van der Waals surface area contributed by atoms with E-state index in [0.29, 0.717) is 24.1 Å². The van der Waals surface area contributed by atoms with Crippen LogP contribution in [0.1, 0.15) is 44.2 Å². The molecule has 0 unspecified atom stereocenters. The lowest BCUT2D eigenvalue weighted by molar-refractivity contribution is -0.189. The fourth-order valence-electron chi connectivity index (χ4n) is 2.92. The first-order valence-corrected chi connectivity index (χ1v) is 10.8. The molecule has 0 radical (unpaired) electrons. The zero-order valence-electron chi connectivity index (χ0n) is 17.4. The third kappa shape index (κ3) is 6.40. The molecule has 0 spiro atoms. The SMILES string of the molecule is C=C(/C=C\C(=CCC)c1cc(F)c(C(F)(F)Oc2cc(F)c(I)c(F)c2)c(F)c1)CCC. The molecule has 0 N–H and O–H groups in total. The Morgan fingerprint density at radius 3 is 2.03 bits per heavy atom. The largest absolute Gasteiger partial charge is 0.432 e. The lowest BCUT2D eigenvalue weighted by Gasteiger charge is -2.20. The Morgan fingerprint density at radius 1 is 0.969 bits per heavy atom. The highest BCUT2D eigenvalue weighted by molar-refractivity contribution is 14.1. The van der Waals surface area contributed by atoms with Crippen LogP contribution in [0.3, 0.4) is 0 Å². The molecule has 2 rings (SSSR count). The van der Waals surface area contributed by atoms with E-state index in [2.05, 4.69) is 11.3 Å². The van der Waals surface area contributed by atoms with Gasteiger partial charge in [0, 0.05) is 12.1 Å². The molecule has 1 nitrogen and oxygen atoms in total. The maximum atomic E-state index is 14.6. The molecule has 2 aromatic carbocycles. The van der Waals surface area contributed by atoms with Crippen molar-refractivity contribution in [2.45, 2.75) is 39.2 Å². The van der Waals surface area contributed by atoms with Crippen LogP contribution >= 0.6 is 22.6 Å². The van der Waals surface area contributed by atoms with Gasteiger partial charge >= 0.3 is 6.11 Å². The molecular formula is C24H21F6IO. The van der Waals surface area contributed by atoms with Crippen LogP contribution < -0.4 is 4.74 Å². The molecule has 0 saturated heterocycles. The molecule has 0 aliphatic rings. The summed E-state index contributed by atoms with van der Waals surface area (Å²) in [6, 6.07) is 2.55. The molecule has 0 fully saturated rings. The first-order valence-electron chi connectivity index (χ1n) is 9.77. The van der Waals surface area contributed by atoms with Gasteiger partial charge in [-0.1, -0.05) is 50.6 Å². The highest BCUT2D eigenvalue weighted by atomic mass is 127. The standard InChI is InChI=1S/C24H21F6IO/c1-4-6-14(3)8-9-15(7-5-2)16-10-18(25)22(19(26)11-16)24(29,30)32-17-12-20(27)23(31)21(28)13-17/h7-13H,3-6H2,1-2H3/b9-8-,15-7?. The second kappa shape index (κ2) is 11.1. The van der Waals surface area contributed by atoms with Crippen molar-refractivity contribution in [2.24, 2.45) is 0 Å². The summed E-state index contributed by atoms with van der Waals surface area (Å²) >= 11 is 1.35.